The monoisotopic (exact) mass is 434 g/mol. The highest BCUT2D eigenvalue weighted by Gasteiger charge is 2.16. The smallest absolute Gasteiger partial charge is 0.238 e. The number of aryl methyl sites for hydroxylation is 1. The first-order valence-corrected chi connectivity index (χ1v) is 11.4. The van der Waals surface area contributed by atoms with Gasteiger partial charge in [-0.25, -0.2) is 22.9 Å². The Balaban J connectivity index is 1.73. The lowest BCUT2D eigenvalue weighted by Gasteiger charge is -2.18. The topological polar surface area (TPSA) is 90.4 Å². The number of hydrogen-bond acceptors (Lipinski definition) is 5. The van der Waals surface area contributed by atoms with Crippen LogP contribution in [0.4, 0.5) is 4.39 Å². The minimum Gasteiger partial charge on any atom is -0.492 e. The van der Waals surface area contributed by atoms with E-state index < -0.39 is 10.0 Å². The van der Waals surface area contributed by atoms with Gasteiger partial charge in [0.05, 0.1) is 22.5 Å². The Morgan fingerprint density at radius 2 is 1.93 bits per heavy atom. The second kappa shape index (κ2) is 9.55. The lowest BCUT2D eigenvalue weighted by Crippen LogP contribution is -2.25. The van der Waals surface area contributed by atoms with Crippen LogP contribution in [0.25, 0.3) is 11.0 Å². The molecule has 0 radical (unpaired) electrons. The van der Waals surface area contributed by atoms with Crippen molar-refractivity contribution in [3.05, 3.63) is 54.1 Å². The summed E-state index contributed by atoms with van der Waals surface area (Å²) in [5.41, 5.74) is 1.51. The third kappa shape index (κ3) is 5.56. The highest BCUT2D eigenvalue weighted by molar-refractivity contribution is 7.89. The van der Waals surface area contributed by atoms with Crippen LogP contribution < -0.4 is 9.88 Å². The Morgan fingerprint density at radius 1 is 1.20 bits per heavy atom. The van der Waals surface area contributed by atoms with Crippen molar-refractivity contribution >= 4 is 21.1 Å². The van der Waals surface area contributed by atoms with E-state index in [1.54, 1.807) is 18.2 Å². The molecule has 0 saturated carbocycles. The fourth-order valence-electron chi connectivity index (χ4n) is 3.19. The average Bonchev–Trinajstić information content (AvgIpc) is 3.03. The Kier molecular flexibility index (Phi) is 7.06. The van der Waals surface area contributed by atoms with Gasteiger partial charge in [0.2, 0.25) is 10.0 Å². The van der Waals surface area contributed by atoms with Crippen LogP contribution in [0, 0.1) is 5.82 Å². The molecule has 0 fully saturated rings. The summed E-state index contributed by atoms with van der Waals surface area (Å²) >= 11 is 0. The van der Waals surface area contributed by atoms with Gasteiger partial charge in [-0.05, 0) is 55.9 Å². The number of nitrogens with zero attached hydrogens (tertiary/aromatic N) is 3. The molecule has 2 N–H and O–H groups in total. The molecule has 162 valence electrons. The maximum atomic E-state index is 13.0. The van der Waals surface area contributed by atoms with E-state index in [1.807, 2.05) is 7.05 Å². The molecule has 1 aromatic heterocycles. The van der Waals surface area contributed by atoms with Gasteiger partial charge in [-0.15, -0.1) is 0 Å². The molecule has 0 aliphatic rings. The number of hydrogen-bond donors (Lipinski definition) is 1. The fraction of sp³-hybridized carbons (Fsp3) is 0.381. The molecular weight excluding hydrogens is 407 g/mol. The standard InChI is InChI=1S/C21H27FN4O3S/c1-3-4-11-26-20-10-9-18(30(23,27)28)14-19(20)24-21(26)15-25(2)12-13-29-17-7-5-16(22)6-8-17/h5-10,14H,3-4,11-13,15H2,1-2H3,(H2,23,27,28). The summed E-state index contributed by atoms with van der Waals surface area (Å²) in [6.45, 7) is 4.60. The van der Waals surface area contributed by atoms with E-state index in [9.17, 15) is 12.8 Å². The highest BCUT2D eigenvalue weighted by Crippen LogP contribution is 2.21. The number of fused-ring (bicyclic) bond motifs is 1. The van der Waals surface area contributed by atoms with E-state index in [-0.39, 0.29) is 10.7 Å². The van der Waals surface area contributed by atoms with Crippen molar-refractivity contribution in [1.82, 2.24) is 14.5 Å². The summed E-state index contributed by atoms with van der Waals surface area (Å²) in [5.74, 6) is 1.18. The van der Waals surface area contributed by atoms with Crippen LogP contribution in [0.5, 0.6) is 5.75 Å². The normalized spacial score (nSPS) is 12.0. The molecule has 0 saturated heterocycles. The number of imidazole rings is 1. The summed E-state index contributed by atoms with van der Waals surface area (Å²) in [4.78, 5) is 6.81. The second-order valence-electron chi connectivity index (χ2n) is 7.27. The molecule has 3 aromatic rings. The Morgan fingerprint density at radius 3 is 2.60 bits per heavy atom. The molecule has 1 heterocycles. The van der Waals surface area contributed by atoms with E-state index in [1.165, 1.54) is 24.3 Å². The molecule has 0 aliphatic carbocycles. The van der Waals surface area contributed by atoms with Crippen LogP contribution in [0.15, 0.2) is 47.4 Å². The molecule has 0 aliphatic heterocycles. The molecular formula is C21H27FN4O3S. The molecule has 0 spiro atoms. The van der Waals surface area contributed by atoms with Crippen molar-refractivity contribution < 1.29 is 17.5 Å². The first kappa shape index (κ1) is 22.2. The van der Waals surface area contributed by atoms with Gasteiger partial charge in [0, 0.05) is 13.1 Å². The van der Waals surface area contributed by atoms with Crippen LogP contribution in [-0.2, 0) is 23.1 Å². The number of halogens is 1. The molecule has 3 rings (SSSR count). The number of likely N-dealkylation sites (N-methyl/N-ethyl adjacent to an activating group) is 1. The maximum Gasteiger partial charge on any atom is 0.238 e. The lowest BCUT2D eigenvalue weighted by molar-refractivity contribution is 0.228. The number of nitrogens with two attached hydrogens (primary N) is 1. The first-order chi connectivity index (χ1) is 14.3. The lowest BCUT2D eigenvalue weighted by atomic mass is 10.3. The van der Waals surface area contributed by atoms with Gasteiger partial charge < -0.3 is 9.30 Å². The molecule has 0 unspecified atom stereocenters. The molecule has 30 heavy (non-hydrogen) atoms. The molecule has 0 bridgehead atoms. The van der Waals surface area contributed by atoms with Crippen LogP contribution in [0.2, 0.25) is 0 Å². The molecule has 0 atom stereocenters. The van der Waals surface area contributed by atoms with Crippen molar-refractivity contribution in [2.75, 3.05) is 20.2 Å². The first-order valence-electron chi connectivity index (χ1n) is 9.87. The van der Waals surface area contributed by atoms with Gasteiger partial charge in [0.15, 0.2) is 0 Å². The number of unbranched alkanes of at least 4 members (excludes halogenated alkanes) is 1. The zero-order valence-electron chi connectivity index (χ0n) is 17.2. The average molecular weight is 435 g/mol. The van der Waals surface area contributed by atoms with Crippen molar-refractivity contribution in [2.45, 2.75) is 37.8 Å². The largest absolute Gasteiger partial charge is 0.492 e. The van der Waals surface area contributed by atoms with Gasteiger partial charge in [0.25, 0.3) is 0 Å². The van der Waals surface area contributed by atoms with E-state index >= 15 is 0 Å². The number of primary sulfonamides is 1. The van der Waals surface area contributed by atoms with Gasteiger partial charge in [-0.2, -0.15) is 0 Å². The van der Waals surface area contributed by atoms with Gasteiger partial charge in [0.1, 0.15) is 24.0 Å². The van der Waals surface area contributed by atoms with Crippen LogP contribution in [0.3, 0.4) is 0 Å². The second-order valence-corrected chi connectivity index (χ2v) is 8.83. The predicted octanol–water partition coefficient (Wildman–Crippen LogP) is 3.13. The third-order valence-electron chi connectivity index (χ3n) is 4.83. The Hall–Kier alpha value is -2.49. The summed E-state index contributed by atoms with van der Waals surface area (Å²) in [6, 6.07) is 10.7. The number of rotatable bonds is 10. The quantitative estimate of drug-likeness (QED) is 0.529. The zero-order chi connectivity index (χ0) is 21.7. The summed E-state index contributed by atoms with van der Waals surface area (Å²) in [7, 11) is -1.81. The van der Waals surface area contributed by atoms with E-state index in [4.69, 9.17) is 9.88 Å². The van der Waals surface area contributed by atoms with Crippen molar-refractivity contribution in [2.24, 2.45) is 5.14 Å². The molecule has 2 aromatic carbocycles. The minimum absolute atomic E-state index is 0.0581. The van der Waals surface area contributed by atoms with Crippen LogP contribution in [-0.4, -0.2) is 43.1 Å². The maximum absolute atomic E-state index is 13.0. The van der Waals surface area contributed by atoms with E-state index in [0.29, 0.717) is 31.0 Å². The summed E-state index contributed by atoms with van der Waals surface area (Å²) in [6.07, 6.45) is 2.03. The number of benzene rings is 2. The zero-order valence-corrected chi connectivity index (χ0v) is 18.0. The van der Waals surface area contributed by atoms with Crippen molar-refractivity contribution in [3.63, 3.8) is 0 Å². The fourth-order valence-corrected chi connectivity index (χ4v) is 3.73. The third-order valence-corrected chi connectivity index (χ3v) is 5.74. The number of sulfonamides is 1. The van der Waals surface area contributed by atoms with Crippen LogP contribution in [0.1, 0.15) is 25.6 Å². The van der Waals surface area contributed by atoms with Crippen molar-refractivity contribution in [3.8, 4) is 5.75 Å². The number of aromatic nitrogens is 2. The summed E-state index contributed by atoms with van der Waals surface area (Å²) in [5, 5.41) is 5.26. The van der Waals surface area contributed by atoms with Crippen molar-refractivity contribution in [1.29, 1.82) is 0 Å². The summed E-state index contributed by atoms with van der Waals surface area (Å²) < 4.78 is 44.1. The van der Waals surface area contributed by atoms with E-state index in [0.717, 1.165) is 30.7 Å². The van der Waals surface area contributed by atoms with Gasteiger partial charge in [-0.1, -0.05) is 13.3 Å². The predicted molar refractivity (Wildman–Crippen MR) is 114 cm³/mol. The Labute approximate surface area is 176 Å². The highest BCUT2D eigenvalue weighted by atomic mass is 32.2. The number of ether oxygens (including phenoxy) is 1. The SMILES string of the molecule is CCCCn1c(CN(C)CCOc2ccc(F)cc2)nc2cc(S(N)(=O)=O)ccc21. The van der Waals surface area contributed by atoms with Crippen LogP contribution >= 0.6 is 0 Å². The molecule has 0 amide bonds. The van der Waals surface area contributed by atoms with Gasteiger partial charge in [-0.3, -0.25) is 4.90 Å². The molecule has 7 nitrogen and oxygen atoms in total. The Bertz CT molecular complexity index is 1100. The van der Waals surface area contributed by atoms with Gasteiger partial charge >= 0.3 is 0 Å². The molecule has 9 heteroatoms. The minimum atomic E-state index is -3.78. The van der Waals surface area contributed by atoms with E-state index in [2.05, 4.69) is 21.4 Å².